The van der Waals surface area contributed by atoms with Gasteiger partial charge in [0, 0.05) is 17.5 Å². The lowest BCUT2D eigenvalue weighted by molar-refractivity contribution is -0.119. The summed E-state index contributed by atoms with van der Waals surface area (Å²) in [7, 11) is 0. The van der Waals surface area contributed by atoms with Crippen LogP contribution in [0.5, 0.6) is 0 Å². The highest BCUT2D eigenvalue weighted by Crippen LogP contribution is 2.24. The van der Waals surface area contributed by atoms with Crippen LogP contribution in [0.4, 0.5) is 11.6 Å². The molecule has 0 fully saturated rings. The molecular formula is C14H25N5O. The van der Waals surface area contributed by atoms with Crippen molar-refractivity contribution in [1.82, 2.24) is 15.3 Å². The topological polar surface area (TPSA) is 92.9 Å². The van der Waals surface area contributed by atoms with Crippen LogP contribution < -0.4 is 16.4 Å². The summed E-state index contributed by atoms with van der Waals surface area (Å²) in [4.78, 5) is 20.4. The summed E-state index contributed by atoms with van der Waals surface area (Å²) in [6.07, 6.45) is 0.916. The monoisotopic (exact) mass is 279 g/mol. The SMILES string of the molecule is CCCNC(=O)CNc1nc(C(C)(C)C)nc(N)c1C. The Morgan fingerprint density at radius 1 is 1.30 bits per heavy atom. The van der Waals surface area contributed by atoms with E-state index in [2.05, 4.69) is 20.6 Å². The van der Waals surface area contributed by atoms with Gasteiger partial charge in [0.2, 0.25) is 5.91 Å². The average molecular weight is 279 g/mol. The second kappa shape index (κ2) is 6.54. The third-order valence-electron chi connectivity index (χ3n) is 2.84. The summed E-state index contributed by atoms with van der Waals surface area (Å²) in [6, 6.07) is 0. The molecule has 0 atom stereocenters. The highest BCUT2D eigenvalue weighted by molar-refractivity contribution is 5.80. The fraction of sp³-hybridized carbons (Fsp3) is 0.643. The standard InChI is InChI=1S/C14H25N5O/c1-6-7-16-10(20)8-17-12-9(2)11(15)18-13(19-12)14(3,4)5/h6-8H2,1-5H3,(H,16,20)(H3,15,17,18,19). The van der Waals surface area contributed by atoms with Crippen LogP contribution >= 0.6 is 0 Å². The molecule has 0 aliphatic carbocycles. The van der Waals surface area contributed by atoms with Gasteiger partial charge in [-0.3, -0.25) is 4.79 Å². The molecule has 0 radical (unpaired) electrons. The van der Waals surface area contributed by atoms with E-state index in [0.29, 0.717) is 24.0 Å². The number of hydrogen-bond acceptors (Lipinski definition) is 5. The summed E-state index contributed by atoms with van der Waals surface area (Å²) in [5, 5.41) is 5.84. The molecule has 0 aromatic carbocycles. The van der Waals surface area contributed by atoms with Crippen molar-refractivity contribution in [2.45, 2.75) is 46.5 Å². The Hall–Kier alpha value is -1.85. The molecule has 6 nitrogen and oxygen atoms in total. The van der Waals surface area contributed by atoms with E-state index in [9.17, 15) is 4.79 Å². The van der Waals surface area contributed by atoms with Crippen molar-refractivity contribution in [3.05, 3.63) is 11.4 Å². The maximum absolute atomic E-state index is 11.6. The van der Waals surface area contributed by atoms with Crippen LogP contribution in [-0.4, -0.2) is 29.0 Å². The molecule has 0 unspecified atom stereocenters. The van der Waals surface area contributed by atoms with Gasteiger partial charge in [0.1, 0.15) is 17.5 Å². The average Bonchev–Trinajstić information content (AvgIpc) is 2.36. The molecule has 1 aromatic rings. The molecule has 4 N–H and O–H groups in total. The first-order valence-corrected chi connectivity index (χ1v) is 6.90. The lowest BCUT2D eigenvalue weighted by Crippen LogP contribution is -2.31. The number of nitrogens with one attached hydrogen (secondary N) is 2. The Balaban J connectivity index is 2.84. The molecule has 112 valence electrons. The normalized spacial score (nSPS) is 11.2. The number of carbonyl (C=O) groups is 1. The van der Waals surface area contributed by atoms with Crippen LogP contribution in [0.2, 0.25) is 0 Å². The van der Waals surface area contributed by atoms with E-state index >= 15 is 0 Å². The van der Waals surface area contributed by atoms with Crippen molar-refractivity contribution in [2.75, 3.05) is 24.1 Å². The second-order valence-electron chi connectivity index (χ2n) is 5.86. The fourth-order valence-electron chi connectivity index (χ4n) is 1.53. The number of rotatable bonds is 5. The van der Waals surface area contributed by atoms with Crippen molar-refractivity contribution in [2.24, 2.45) is 0 Å². The predicted molar refractivity (Wildman–Crippen MR) is 81.7 cm³/mol. The molecule has 0 spiro atoms. The number of nitrogens with zero attached hydrogens (tertiary/aromatic N) is 2. The minimum Gasteiger partial charge on any atom is -0.383 e. The lowest BCUT2D eigenvalue weighted by Gasteiger charge is -2.19. The van der Waals surface area contributed by atoms with Gasteiger partial charge in [-0.15, -0.1) is 0 Å². The first kappa shape index (κ1) is 16.2. The maximum atomic E-state index is 11.6. The number of nitrogens with two attached hydrogens (primary N) is 1. The van der Waals surface area contributed by atoms with Gasteiger partial charge < -0.3 is 16.4 Å². The zero-order valence-corrected chi connectivity index (χ0v) is 13.0. The largest absolute Gasteiger partial charge is 0.383 e. The van der Waals surface area contributed by atoms with Gasteiger partial charge in [0.05, 0.1) is 6.54 Å². The summed E-state index contributed by atoms with van der Waals surface area (Å²) in [5.74, 6) is 1.67. The zero-order valence-electron chi connectivity index (χ0n) is 13.0. The van der Waals surface area contributed by atoms with E-state index < -0.39 is 0 Å². The van der Waals surface area contributed by atoms with Crippen LogP contribution in [-0.2, 0) is 10.2 Å². The number of carbonyl (C=O) groups excluding carboxylic acids is 1. The number of amides is 1. The minimum atomic E-state index is -0.192. The number of nitrogen functional groups attached to an aromatic ring is 1. The van der Waals surface area contributed by atoms with Crippen LogP contribution in [0, 0.1) is 6.92 Å². The molecule has 0 saturated carbocycles. The van der Waals surface area contributed by atoms with E-state index in [1.807, 2.05) is 34.6 Å². The van der Waals surface area contributed by atoms with Crippen LogP contribution in [0.3, 0.4) is 0 Å². The Bertz CT molecular complexity index is 479. The van der Waals surface area contributed by atoms with Crippen LogP contribution in [0.15, 0.2) is 0 Å². The van der Waals surface area contributed by atoms with Gasteiger partial charge in [0.25, 0.3) is 0 Å². The molecule has 0 saturated heterocycles. The fourth-order valence-corrected chi connectivity index (χ4v) is 1.53. The molecular weight excluding hydrogens is 254 g/mol. The molecule has 1 heterocycles. The third-order valence-corrected chi connectivity index (χ3v) is 2.84. The number of aromatic nitrogens is 2. The van der Waals surface area contributed by atoms with E-state index in [4.69, 9.17) is 5.73 Å². The molecule has 1 amide bonds. The van der Waals surface area contributed by atoms with Gasteiger partial charge in [0.15, 0.2) is 0 Å². The Labute approximate surface area is 120 Å². The quantitative estimate of drug-likeness (QED) is 0.761. The summed E-state index contributed by atoms with van der Waals surface area (Å²) < 4.78 is 0. The molecule has 1 rings (SSSR count). The van der Waals surface area contributed by atoms with Crippen LogP contribution in [0.1, 0.15) is 45.5 Å². The lowest BCUT2D eigenvalue weighted by atomic mass is 9.95. The minimum absolute atomic E-state index is 0.0549. The Morgan fingerprint density at radius 2 is 1.95 bits per heavy atom. The summed E-state index contributed by atoms with van der Waals surface area (Å²) >= 11 is 0. The molecule has 0 bridgehead atoms. The van der Waals surface area contributed by atoms with E-state index in [-0.39, 0.29) is 17.9 Å². The summed E-state index contributed by atoms with van der Waals surface area (Å²) in [5.41, 5.74) is 6.49. The van der Waals surface area contributed by atoms with E-state index in [1.54, 1.807) is 0 Å². The predicted octanol–water partition coefficient (Wildman–Crippen LogP) is 1.60. The number of hydrogen-bond donors (Lipinski definition) is 3. The Kier molecular flexibility index (Phi) is 5.30. The molecule has 1 aromatic heterocycles. The van der Waals surface area contributed by atoms with E-state index in [1.165, 1.54) is 0 Å². The first-order chi connectivity index (χ1) is 9.25. The number of anilines is 2. The summed E-state index contributed by atoms with van der Waals surface area (Å²) in [6.45, 7) is 10.8. The van der Waals surface area contributed by atoms with Crippen molar-refractivity contribution in [3.8, 4) is 0 Å². The molecule has 20 heavy (non-hydrogen) atoms. The molecule has 0 aliphatic rings. The van der Waals surface area contributed by atoms with Gasteiger partial charge in [-0.25, -0.2) is 9.97 Å². The highest BCUT2D eigenvalue weighted by Gasteiger charge is 2.20. The highest BCUT2D eigenvalue weighted by atomic mass is 16.1. The maximum Gasteiger partial charge on any atom is 0.239 e. The molecule has 0 aliphatic heterocycles. The smallest absolute Gasteiger partial charge is 0.239 e. The van der Waals surface area contributed by atoms with Crippen molar-refractivity contribution in [3.63, 3.8) is 0 Å². The van der Waals surface area contributed by atoms with Gasteiger partial charge in [-0.1, -0.05) is 27.7 Å². The first-order valence-electron chi connectivity index (χ1n) is 6.90. The van der Waals surface area contributed by atoms with Crippen LogP contribution in [0.25, 0.3) is 0 Å². The Morgan fingerprint density at radius 3 is 2.50 bits per heavy atom. The van der Waals surface area contributed by atoms with Gasteiger partial charge >= 0.3 is 0 Å². The van der Waals surface area contributed by atoms with E-state index in [0.717, 1.165) is 12.0 Å². The van der Waals surface area contributed by atoms with Gasteiger partial charge in [-0.2, -0.15) is 0 Å². The van der Waals surface area contributed by atoms with Gasteiger partial charge in [-0.05, 0) is 13.3 Å². The van der Waals surface area contributed by atoms with Crippen molar-refractivity contribution < 1.29 is 4.79 Å². The van der Waals surface area contributed by atoms with Crippen molar-refractivity contribution >= 4 is 17.5 Å². The molecule has 6 heteroatoms. The zero-order chi connectivity index (χ0) is 15.3. The second-order valence-corrected chi connectivity index (χ2v) is 5.86. The third kappa shape index (κ3) is 4.36. The van der Waals surface area contributed by atoms with Crippen molar-refractivity contribution in [1.29, 1.82) is 0 Å².